The van der Waals surface area contributed by atoms with Crippen LogP contribution < -0.4 is 0 Å². The summed E-state index contributed by atoms with van der Waals surface area (Å²) < 4.78 is 0. The Morgan fingerprint density at radius 2 is 1.87 bits per heavy atom. The van der Waals surface area contributed by atoms with Crippen molar-refractivity contribution >= 4 is 0 Å². The lowest BCUT2D eigenvalue weighted by Gasteiger charge is -2.12. The summed E-state index contributed by atoms with van der Waals surface area (Å²) in [7, 11) is 0. The zero-order valence-corrected chi connectivity index (χ0v) is 9.20. The third-order valence-electron chi connectivity index (χ3n) is 2.13. The highest BCUT2D eigenvalue weighted by atomic mass is 16.3. The van der Waals surface area contributed by atoms with Gasteiger partial charge in [-0.2, -0.15) is 0 Å². The molecule has 0 spiro atoms. The van der Waals surface area contributed by atoms with Crippen LogP contribution >= 0.6 is 0 Å². The molecule has 1 rings (SSSR count). The Balaban J connectivity index is 2.71. The van der Waals surface area contributed by atoms with Crippen molar-refractivity contribution in [2.45, 2.75) is 20.0 Å². The molecule has 1 heteroatoms. The third-order valence-corrected chi connectivity index (χ3v) is 2.13. The Labute approximate surface area is 91.5 Å². The zero-order valence-electron chi connectivity index (χ0n) is 9.20. The van der Waals surface area contributed by atoms with Crippen LogP contribution in [0, 0.1) is 17.8 Å². The summed E-state index contributed by atoms with van der Waals surface area (Å²) in [4.78, 5) is 0. The molecule has 1 nitrogen and oxygen atoms in total. The summed E-state index contributed by atoms with van der Waals surface area (Å²) in [5.41, 5.74) is 1.52. The smallest absolute Gasteiger partial charge is 0.0884 e. The normalized spacial score (nSPS) is 11.7. The number of aliphatic hydroxyl groups excluding tert-OH is 1. The molecule has 0 saturated heterocycles. The monoisotopic (exact) mass is 200 g/mol. The minimum Gasteiger partial charge on any atom is -0.388 e. The standard InChI is InChI=1S/C14H16O/c1-11(2)14(15)12(3)9-10-13-7-5-4-6-8-13/h4-8,11,14-15H,3H2,1-2H3. The molecule has 0 bridgehead atoms. The van der Waals surface area contributed by atoms with Gasteiger partial charge in [0.25, 0.3) is 0 Å². The molecule has 1 unspecified atom stereocenters. The van der Waals surface area contributed by atoms with E-state index in [9.17, 15) is 5.11 Å². The molecular formula is C14H16O. The molecule has 15 heavy (non-hydrogen) atoms. The van der Waals surface area contributed by atoms with E-state index in [1.807, 2.05) is 44.2 Å². The Morgan fingerprint density at radius 1 is 1.27 bits per heavy atom. The molecule has 0 amide bonds. The summed E-state index contributed by atoms with van der Waals surface area (Å²) in [6, 6.07) is 9.68. The first kappa shape index (κ1) is 11.6. The Kier molecular flexibility index (Phi) is 4.15. The first-order chi connectivity index (χ1) is 7.11. The lowest BCUT2D eigenvalue weighted by atomic mass is 10.0. The van der Waals surface area contributed by atoms with Gasteiger partial charge >= 0.3 is 0 Å². The van der Waals surface area contributed by atoms with Gasteiger partial charge in [-0.25, -0.2) is 0 Å². The molecule has 0 fully saturated rings. The predicted octanol–water partition coefficient (Wildman–Crippen LogP) is 2.61. The second kappa shape index (κ2) is 5.38. The first-order valence-electron chi connectivity index (χ1n) is 5.05. The van der Waals surface area contributed by atoms with Crippen molar-refractivity contribution in [3.05, 3.63) is 48.0 Å². The zero-order chi connectivity index (χ0) is 11.3. The molecule has 1 aromatic rings. The summed E-state index contributed by atoms with van der Waals surface area (Å²) in [5.74, 6) is 6.01. The van der Waals surface area contributed by atoms with E-state index in [0.29, 0.717) is 5.57 Å². The Morgan fingerprint density at radius 3 is 2.40 bits per heavy atom. The number of hydrogen-bond donors (Lipinski definition) is 1. The minimum atomic E-state index is -0.541. The van der Waals surface area contributed by atoms with Crippen molar-refractivity contribution in [2.24, 2.45) is 5.92 Å². The van der Waals surface area contributed by atoms with Gasteiger partial charge in [-0.15, -0.1) is 0 Å². The molecule has 78 valence electrons. The quantitative estimate of drug-likeness (QED) is 0.728. The van der Waals surface area contributed by atoms with Crippen LogP contribution in [-0.4, -0.2) is 11.2 Å². The van der Waals surface area contributed by atoms with Crippen LogP contribution in [0.25, 0.3) is 0 Å². The molecule has 0 aliphatic carbocycles. The predicted molar refractivity (Wildman–Crippen MR) is 63.3 cm³/mol. The van der Waals surface area contributed by atoms with E-state index >= 15 is 0 Å². The number of benzene rings is 1. The molecule has 1 aromatic carbocycles. The molecule has 0 heterocycles. The summed E-state index contributed by atoms with van der Waals surface area (Å²) >= 11 is 0. The highest BCUT2D eigenvalue weighted by molar-refractivity contribution is 5.40. The van der Waals surface area contributed by atoms with Crippen LogP contribution in [0.1, 0.15) is 19.4 Å². The second-order valence-corrected chi connectivity index (χ2v) is 3.83. The lowest BCUT2D eigenvalue weighted by Crippen LogP contribution is -2.15. The number of aliphatic hydroxyl groups is 1. The van der Waals surface area contributed by atoms with Crippen LogP contribution in [0.2, 0.25) is 0 Å². The van der Waals surface area contributed by atoms with Crippen molar-refractivity contribution in [3.63, 3.8) is 0 Å². The molecule has 0 aliphatic heterocycles. The van der Waals surface area contributed by atoms with Gasteiger partial charge in [-0.05, 0) is 18.1 Å². The number of hydrogen-bond acceptors (Lipinski definition) is 1. The highest BCUT2D eigenvalue weighted by Crippen LogP contribution is 2.09. The number of rotatable bonds is 2. The first-order valence-corrected chi connectivity index (χ1v) is 5.05. The van der Waals surface area contributed by atoms with E-state index in [0.717, 1.165) is 5.56 Å². The van der Waals surface area contributed by atoms with Gasteiger partial charge in [0.2, 0.25) is 0 Å². The molecular weight excluding hydrogens is 184 g/mol. The van der Waals surface area contributed by atoms with Crippen LogP contribution in [0.4, 0.5) is 0 Å². The van der Waals surface area contributed by atoms with Gasteiger partial charge in [0, 0.05) is 11.1 Å². The second-order valence-electron chi connectivity index (χ2n) is 3.83. The molecule has 0 saturated carbocycles. The highest BCUT2D eigenvalue weighted by Gasteiger charge is 2.10. The van der Waals surface area contributed by atoms with E-state index in [1.54, 1.807) is 0 Å². The van der Waals surface area contributed by atoms with Gasteiger partial charge in [-0.1, -0.05) is 50.5 Å². The Hall–Kier alpha value is -1.52. The average Bonchev–Trinajstić information content (AvgIpc) is 2.26. The van der Waals surface area contributed by atoms with Crippen molar-refractivity contribution in [1.29, 1.82) is 0 Å². The fourth-order valence-electron chi connectivity index (χ4n) is 1.15. The van der Waals surface area contributed by atoms with Crippen LogP contribution in [-0.2, 0) is 0 Å². The Bertz CT molecular complexity index is 379. The fraction of sp³-hybridized carbons (Fsp3) is 0.286. The largest absolute Gasteiger partial charge is 0.388 e. The average molecular weight is 200 g/mol. The lowest BCUT2D eigenvalue weighted by molar-refractivity contribution is 0.165. The van der Waals surface area contributed by atoms with Crippen LogP contribution in [0.5, 0.6) is 0 Å². The van der Waals surface area contributed by atoms with E-state index in [1.165, 1.54) is 0 Å². The summed E-state index contributed by atoms with van der Waals surface area (Å²) in [6.45, 7) is 7.66. The fourth-order valence-corrected chi connectivity index (χ4v) is 1.15. The van der Waals surface area contributed by atoms with Crippen molar-refractivity contribution in [3.8, 4) is 11.8 Å². The SMILES string of the molecule is C=C(C#Cc1ccccc1)C(O)C(C)C. The van der Waals surface area contributed by atoms with Crippen molar-refractivity contribution in [1.82, 2.24) is 0 Å². The summed E-state index contributed by atoms with van der Waals surface area (Å²) in [5, 5.41) is 9.67. The van der Waals surface area contributed by atoms with E-state index in [-0.39, 0.29) is 5.92 Å². The molecule has 0 aliphatic rings. The van der Waals surface area contributed by atoms with E-state index < -0.39 is 6.10 Å². The van der Waals surface area contributed by atoms with Gasteiger partial charge in [0.1, 0.15) is 0 Å². The summed E-state index contributed by atoms with van der Waals surface area (Å²) in [6.07, 6.45) is -0.541. The van der Waals surface area contributed by atoms with Crippen molar-refractivity contribution in [2.75, 3.05) is 0 Å². The van der Waals surface area contributed by atoms with Crippen molar-refractivity contribution < 1.29 is 5.11 Å². The maximum absolute atomic E-state index is 9.67. The van der Waals surface area contributed by atoms with E-state index in [2.05, 4.69) is 18.4 Å². The maximum atomic E-state index is 9.67. The van der Waals surface area contributed by atoms with Gasteiger partial charge < -0.3 is 5.11 Å². The molecule has 0 aromatic heterocycles. The van der Waals surface area contributed by atoms with Gasteiger partial charge in [0.05, 0.1) is 6.10 Å². The van der Waals surface area contributed by atoms with Gasteiger partial charge in [0.15, 0.2) is 0 Å². The minimum absolute atomic E-state index is 0.155. The molecule has 1 N–H and O–H groups in total. The maximum Gasteiger partial charge on any atom is 0.0884 e. The molecule has 0 radical (unpaired) electrons. The van der Waals surface area contributed by atoms with Crippen LogP contribution in [0.3, 0.4) is 0 Å². The third kappa shape index (κ3) is 3.61. The van der Waals surface area contributed by atoms with E-state index in [4.69, 9.17) is 0 Å². The molecule has 1 atom stereocenters. The van der Waals surface area contributed by atoms with Gasteiger partial charge in [-0.3, -0.25) is 0 Å². The topological polar surface area (TPSA) is 20.2 Å². The van der Waals surface area contributed by atoms with Crippen LogP contribution in [0.15, 0.2) is 42.5 Å².